The molecule has 1 saturated heterocycles. The maximum Gasteiger partial charge on any atom is 0.276 e. The van der Waals surface area contributed by atoms with Crippen LogP contribution in [0.3, 0.4) is 0 Å². The minimum atomic E-state index is -0.0586. The van der Waals surface area contributed by atoms with Gasteiger partial charge < -0.3 is 14.1 Å². The van der Waals surface area contributed by atoms with E-state index in [4.69, 9.17) is 20.8 Å². The molecule has 1 amide bonds. The van der Waals surface area contributed by atoms with Crippen molar-refractivity contribution >= 4 is 17.5 Å². The highest BCUT2D eigenvalue weighted by molar-refractivity contribution is 6.30. The number of morpholine rings is 1. The Hall–Kier alpha value is -1.85. The van der Waals surface area contributed by atoms with Gasteiger partial charge in [0, 0.05) is 17.1 Å². The maximum absolute atomic E-state index is 13.0. The fourth-order valence-electron chi connectivity index (χ4n) is 3.62. The number of oxazole rings is 1. The van der Waals surface area contributed by atoms with E-state index >= 15 is 0 Å². The smallest absolute Gasteiger partial charge is 0.276 e. The van der Waals surface area contributed by atoms with Gasteiger partial charge in [0.2, 0.25) is 5.89 Å². The quantitative estimate of drug-likeness (QED) is 0.832. The van der Waals surface area contributed by atoms with Gasteiger partial charge in [0.25, 0.3) is 5.91 Å². The first-order valence-corrected chi connectivity index (χ1v) is 8.67. The summed E-state index contributed by atoms with van der Waals surface area (Å²) in [6.07, 6.45) is 3.30. The van der Waals surface area contributed by atoms with Gasteiger partial charge >= 0.3 is 0 Å². The van der Waals surface area contributed by atoms with E-state index in [0.29, 0.717) is 35.5 Å². The Bertz CT molecular complexity index is 756. The van der Waals surface area contributed by atoms with Crippen molar-refractivity contribution in [1.82, 2.24) is 9.88 Å². The van der Waals surface area contributed by atoms with Crippen LogP contribution in [0, 0.1) is 6.92 Å². The fourth-order valence-corrected chi connectivity index (χ4v) is 3.75. The summed E-state index contributed by atoms with van der Waals surface area (Å²) in [5, 5.41) is 0.652. The lowest BCUT2D eigenvalue weighted by molar-refractivity contribution is -0.0447. The predicted molar refractivity (Wildman–Crippen MR) is 90.1 cm³/mol. The second kappa shape index (κ2) is 6.22. The van der Waals surface area contributed by atoms with Gasteiger partial charge in [0.05, 0.1) is 18.8 Å². The van der Waals surface area contributed by atoms with Crippen LogP contribution in [0.4, 0.5) is 0 Å². The standard InChI is InChI=1S/C18H19ClN2O3/c1-11-16(20-17(24-11)12-5-7-13(19)8-6-12)18(22)21-9-10-23-15-4-2-3-14(15)21/h5-8,14-15H,2-4,9-10H2,1H3/t14-,15+/m1/s1. The van der Waals surface area contributed by atoms with Crippen molar-refractivity contribution in [2.45, 2.75) is 38.3 Å². The van der Waals surface area contributed by atoms with E-state index < -0.39 is 0 Å². The molecule has 4 rings (SSSR count). The molecular weight excluding hydrogens is 328 g/mol. The van der Waals surface area contributed by atoms with Crippen molar-refractivity contribution < 1.29 is 13.9 Å². The number of hydrogen-bond donors (Lipinski definition) is 0. The van der Waals surface area contributed by atoms with Gasteiger partial charge in [-0.15, -0.1) is 0 Å². The third kappa shape index (κ3) is 2.72. The highest BCUT2D eigenvalue weighted by atomic mass is 35.5. The summed E-state index contributed by atoms with van der Waals surface area (Å²) in [5.74, 6) is 0.936. The van der Waals surface area contributed by atoms with Crippen molar-refractivity contribution in [3.05, 3.63) is 40.7 Å². The fraction of sp³-hybridized carbons (Fsp3) is 0.444. The normalized spacial score (nSPS) is 23.3. The third-order valence-electron chi connectivity index (χ3n) is 4.83. The van der Waals surface area contributed by atoms with Crippen LogP contribution >= 0.6 is 11.6 Å². The van der Waals surface area contributed by atoms with Crippen LogP contribution < -0.4 is 0 Å². The van der Waals surface area contributed by atoms with Crippen molar-refractivity contribution in [3.8, 4) is 11.5 Å². The van der Waals surface area contributed by atoms with Gasteiger partial charge in [-0.3, -0.25) is 4.79 Å². The Morgan fingerprint density at radius 3 is 2.88 bits per heavy atom. The summed E-state index contributed by atoms with van der Waals surface area (Å²) >= 11 is 5.92. The minimum absolute atomic E-state index is 0.0586. The Labute approximate surface area is 145 Å². The van der Waals surface area contributed by atoms with Gasteiger partial charge in [-0.2, -0.15) is 0 Å². The van der Waals surface area contributed by atoms with Crippen molar-refractivity contribution in [3.63, 3.8) is 0 Å². The molecule has 2 fully saturated rings. The number of rotatable bonds is 2. The highest BCUT2D eigenvalue weighted by Crippen LogP contribution is 2.31. The molecule has 1 aromatic heterocycles. The number of nitrogens with zero attached hydrogens (tertiary/aromatic N) is 2. The van der Waals surface area contributed by atoms with E-state index in [1.807, 2.05) is 17.0 Å². The Morgan fingerprint density at radius 1 is 1.29 bits per heavy atom. The molecule has 2 atom stereocenters. The molecule has 2 heterocycles. The number of benzene rings is 1. The third-order valence-corrected chi connectivity index (χ3v) is 5.09. The zero-order chi connectivity index (χ0) is 16.7. The van der Waals surface area contributed by atoms with E-state index in [0.717, 1.165) is 24.8 Å². The van der Waals surface area contributed by atoms with E-state index in [2.05, 4.69) is 4.98 Å². The van der Waals surface area contributed by atoms with E-state index in [9.17, 15) is 4.79 Å². The van der Waals surface area contributed by atoms with E-state index in [-0.39, 0.29) is 18.1 Å². The molecule has 2 aliphatic rings. The molecule has 0 unspecified atom stereocenters. The molecule has 0 bridgehead atoms. The average molecular weight is 347 g/mol. The summed E-state index contributed by atoms with van der Waals surface area (Å²) in [6.45, 7) is 2.99. The molecule has 6 heteroatoms. The molecule has 1 saturated carbocycles. The Morgan fingerprint density at radius 2 is 2.08 bits per heavy atom. The van der Waals surface area contributed by atoms with Crippen molar-refractivity contribution in [2.24, 2.45) is 0 Å². The first-order chi connectivity index (χ1) is 11.6. The molecule has 5 nitrogen and oxygen atoms in total. The van der Waals surface area contributed by atoms with Gasteiger partial charge in [0.1, 0.15) is 5.76 Å². The second-order valence-corrected chi connectivity index (χ2v) is 6.77. The average Bonchev–Trinajstić information content (AvgIpc) is 3.21. The van der Waals surface area contributed by atoms with Gasteiger partial charge in [-0.1, -0.05) is 11.6 Å². The first-order valence-electron chi connectivity index (χ1n) is 8.29. The molecule has 0 N–H and O–H groups in total. The summed E-state index contributed by atoms with van der Waals surface area (Å²) < 4.78 is 11.5. The number of hydrogen-bond acceptors (Lipinski definition) is 4. The van der Waals surface area contributed by atoms with Crippen LogP contribution in [0.25, 0.3) is 11.5 Å². The zero-order valence-electron chi connectivity index (χ0n) is 13.5. The molecule has 2 aromatic rings. The number of carbonyl (C=O) groups is 1. The van der Waals surface area contributed by atoms with E-state index in [1.165, 1.54) is 0 Å². The van der Waals surface area contributed by atoms with Crippen LogP contribution in [-0.2, 0) is 4.74 Å². The van der Waals surface area contributed by atoms with Crippen LogP contribution in [-0.4, -0.2) is 41.1 Å². The lowest BCUT2D eigenvalue weighted by Gasteiger charge is -2.37. The maximum atomic E-state index is 13.0. The number of aromatic nitrogens is 1. The van der Waals surface area contributed by atoms with Crippen molar-refractivity contribution in [1.29, 1.82) is 0 Å². The zero-order valence-corrected chi connectivity index (χ0v) is 14.3. The van der Waals surface area contributed by atoms with Crippen LogP contribution in [0.5, 0.6) is 0 Å². The summed E-state index contributed by atoms with van der Waals surface area (Å²) in [7, 11) is 0. The van der Waals surface area contributed by atoms with Crippen LogP contribution in [0.1, 0.15) is 35.5 Å². The summed E-state index contributed by atoms with van der Waals surface area (Å²) in [4.78, 5) is 19.4. The predicted octanol–water partition coefficient (Wildman–Crippen LogP) is 3.70. The number of carbonyl (C=O) groups excluding carboxylic acids is 1. The van der Waals surface area contributed by atoms with Gasteiger partial charge in [-0.25, -0.2) is 4.98 Å². The number of fused-ring (bicyclic) bond motifs is 1. The molecule has 1 aliphatic heterocycles. The van der Waals surface area contributed by atoms with Crippen LogP contribution in [0.15, 0.2) is 28.7 Å². The summed E-state index contributed by atoms with van der Waals surface area (Å²) in [6, 6.07) is 7.40. The monoisotopic (exact) mass is 346 g/mol. The van der Waals surface area contributed by atoms with Gasteiger partial charge in [-0.05, 0) is 50.5 Å². The highest BCUT2D eigenvalue weighted by Gasteiger charge is 2.39. The minimum Gasteiger partial charge on any atom is -0.441 e. The van der Waals surface area contributed by atoms with Crippen molar-refractivity contribution in [2.75, 3.05) is 13.2 Å². The number of ether oxygens (including phenoxy) is 1. The topological polar surface area (TPSA) is 55.6 Å². The number of aryl methyl sites for hydroxylation is 1. The number of halogens is 1. The first kappa shape index (κ1) is 15.7. The molecule has 126 valence electrons. The largest absolute Gasteiger partial charge is 0.441 e. The molecular formula is C18H19ClN2O3. The number of amides is 1. The molecule has 1 aromatic carbocycles. The Balaban J connectivity index is 1.62. The molecule has 24 heavy (non-hydrogen) atoms. The lowest BCUT2D eigenvalue weighted by atomic mass is 10.1. The molecule has 1 aliphatic carbocycles. The second-order valence-electron chi connectivity index (χ2n) is 6.34. The lowest BCUT2D eigenvalue weighted by Crippen LogP contribution is -2.51. The summed E-state index contributed by atoms with van der Waals surface area (Å²) in [5.41, 5.74) is 1.20. The van der Waals surface area contributed by atoms with Crippen LogP contribution in [0.2, 0.25) is 5.02 Å². The SMILES string of the molecule is Cc1oc(-c2ccc(Cl)cc2)nc1C(=O)N1CCO[C@H]2CCC[C@H]21. The van der Waals surface area contributed by atoms with Gasteiger partial charge in [0.15, 0.2) is 5.69 Å². The Kier molecular flexibility index (Phi) is 4.06. The van der Waals surface area contributed by atoms with E-state index in [1.54, 1.807) is 19.1 Å². The molecule has 0 radical (unpaired) electrons. The molecule has 0 spiro atoms.